The lowest BCUT2D eigenvalue weighted by Gasteiger charge is -2.04. The first-order valence-corrected chi connectivity index (χ1v) is 5.49. The molecule has 0 aliphatic heterocycles. The minimum atomic E-state index is 0.756. The van der Waals surface area contributed by atoms with E-state index >= 15 is 0 Å². The molecule has 0 saturated heterocycles. The average Bonchev–Trinajstić information content (AvgIpc) is 2.54. The van der Waals surface area contributed by atoms with Crippen molar-refractivity contribution in [1.82, 2.24) is 15.1 Å². The van der Waals surface area contributed by atoms with Gasteiger partial charge in [-0.15, -0.1) is 0 Å². The summed E-state index contributed by atoms with van der Waals surface area (Å²) in [6, 6.07) is 0. The first-order chi connectivity index (χ1) is 7.25. The number of aryl methyl sites for hydroxylation is 1. The van der Waals surface area contributed by atoms with Crippen LogP contribution in [-0.2, 0) is 18.2 Å². The third-order valence-corrected chi connectivity index (χ3v) is 2.58. The van der Waals surface area contributed by atoms with Gasteiger partial charge in [0.05, 0.1) is 23.5 Å². The molecule has 0 atom stereocenters. The standard InChI is InChI=1S/C10H18ClN3O/c1-14-10(9(11)8-13-14)4-3-5-12-6-7-15-2/h8,12H,3-7H2,1-2H3. The Balaban J connectivity index is 2.15. The van der Waals surface area contributed by atoms with Crippen molar-refractivity contribution in [2.45, 2.75) is 12.8 Å². The quantitative estimate of drug-likeness (QED) is 0.718. The van der Waals surface area contributed by atoms with Gasteiger partial charge in [-0.2, -0.15) is 5.10 Å². The van der Waals surface area contributed by atoms with Crippen LogP contribution in [0.15, 0.2) is 6.20 Å². The fourth-order valence-electron chi connectivity index (χ4n) is 1.40. The number of aromatic nitrogens is 2. The Kier molecular flexibility index (Phi) is 5.68. The highest BCUT2D eigenvalue weighted by molar-refractivity contribution is 6.31. The molecule has 0 bridgehead atoms. The number of halogens is 1. The molecule has 1 N–H and O–H groups in total. The largest absolute Gasteiger partial charge is 0.383 e. The number of hydrogen-bond acceptors (Lipinski definition) is 3. The van der Waals surface area contributed by atoms with Crippen molar-refractivity contribution < 1.29 is 4.74 Å². The van der Waals surface area contributed by atoms with E-state index in [1.54, 1.807) is 13.3 Å². The van der Waals surface area contributed by atoms with E-state index in [1.165, 1.54) is 0 Å². The topological polar surface area (TPSA) is 39.1 Å². The highest BCUT2D eigenvalue weighted by atomic mass is 35.5. The van der Waals surface area contributed by atoms with E-state index < -0.39 is 0 Å². The average molecular weight is 232 g/mol. The Bertz CT molecular complexity index is 269. The van der Waals surface area contributed by atoms with Gasteiger partial charge in [0.2, 0.25) is 0 Å². The Labute approximate surface area is 95.6 Å². The summed E-state index contributed by atoms with van der Waals surface area (Å²) in [4.78, 5) is 0. The first-order valence-electron chi connectivity index (χ1n) is 5.11. The SMILES string of the molecule is COCCNCCCc1c(Cl)cnn1C. The Morgan fingerprint density at radius 3 is 2.93 bits per heavy atom. The highest BCUT2D eigenvalue weighted by Crippen LogP contribution is 2.15. The third kappa shape index (κ3) is 4.20. The molecule has 0 aromatic carbocycles. The zero-order valence-electron chi connectivity index (χ0n) is 9.29. The molecule has 1 aromatic heterocycles. The summed E-state index contributed by atoms with van der Waals surface area (Å²) in [5, 5.41) is 8.14. The van der Waals surface area contributed by atoms with E-state index in [4.69, 9.17) is 16.3 Å². The van der Waals surface area contributed by atoms with E-state index in [2.05, 4.69) is 10.4 Å². The Hall–Kier alpha value is -0.580. The van der Waals surface area contributed by atoms with Crippen molar-refractivity contribution >= 4 is 11.6 Å². The molecule has 0 spiro atoms. The van der Waals surface area contributed by atoms with Gasteiger partial charge in [-0.1, -0.05) is 11.6 Å². The second-order valence-corrected chi connectivity index (χ2v) is 3.82. The molecule has 0 aliphatic rings. The van der Waals surface area contributed by atoms with Crippen LogP contribution in [-0.4, -0.2) is 36.6 Å². The predicted octanol–water partition coefficient (Wildman–Crippen LogP) is 1.24. The van der Waals surface area contributed by atoms with Crippen molar-refractivity contribution in [3.63, 3.8) is 0 Å². The number of methoxy groups -OCH3 is 1. The number of nitrogens with zero attached hydrogens (tertiary/aromatic N) is 2. The van der Waals surface area contributed by atoms with E-state index in [0.717, 1.165) is 43.3 Å². The molecular weight excluding hydrogens is 214 g/mol. The zero-order valence-corrected chi connectivity index (χ0v) is 10.0. The lowest BCUT2D eigenvalue weighted by atomic mass is 10.2. The van der Waals surface area contributed by atoms with Crippen molar-refractivity contribution in [1.29, 1.82) is 0 Å². The molecule has 0 aliphatic carbocycles. The molecule has 0 unspecified atom stereocenters. The maximum absolute atomic E-state index is 5.98. The minimum Gasteiger partial charge on any atom is -0.383 e. The molecule has 15 heavy (non-hydrogen) atoms. The van der Waals surface area contributed by atoms with E-state index in [1.807, 2.05) is 11.7 Å². The van der Waals surface area contributed by atoms with Crippen molar-refractivity contribution in [3.05, 3.63) is 16.9 Å². The van der Waals surface area contributed by atoms with Crippen LogP contribution >= 0.6 is 11.6 Å². The van der Waals surface area contributed by atoms with Gasteiger partial charge in [-0.25, -0.2) is 0 Å². The molecule has 4 nitrogen and oxygen atoms in total. The Morgan fingerprint density at radius 2 is 2.33 bits per heavy atom. The lowest BCUT2D eigenvalue weighted by Crippen LogP contribution is -2.20. The molecule has 1 heterocycles. The van der Waals surface area contributed by atoms with Gasteiger partial charge in [-0.3, -0.25) is 4.68 Å². The highest BCUT2D eigenvalue weighted by Gasteiger charge is 2.04. The number of rotatable bonds is 7. The maximum Gasteiger partial charge on any atom is 0.0817 e. The second-order valence-electron chi connectivity index (χ2n) is 3.41. The molecule has 5 heteroatoms. The predicted molar refractivity (Wildman–Crippen MR) is 61.3 cm³/mol. The zero-order chi connectivity index (χ0) is 11.1. The van der Waals surface area contributed by atoms with E-state index in [0.29, 0.717) is 0 Å². The first kappa shape index (κ1) is 12.5. The van der Waals surface area contributed by atoms with Crippen LogP contribution in [0.4, 0.5) is 0 Å². The summed E-state index contributed by atoms with van der Waals surface area (Å²) in [7, 11) is 3.62. The van der Waals surface area contributed by atoms with Crippen LogP contribution in [0.25, 0.3) is 0 Å². The summed E-state index contributed by atoms with van der Waals surface area (Å²) in [6.07, 6.45) is 3.70. The molecule has 0 saturated carbocycles. The Morgan fingerprint density at radius 1 is 1.53 bits per heavy atom. The lowest BCUT2D eigenvalue weighted by molar-refractivity contribution is 0.199. The van der Waals surface area contributed by atoms with E-state index in [-0.39, 0.29) is 0 Å². The van der Waals surface area contributed by atoms with Crippen molar-refractivity contribution in [2.75, 3.05) is 26.8 Å². The van der Waals surface area contributed by atoms with Crippen molar-refractivity contribution in [2.24, 2.45) is 7.05 Å². The van der Waals surface area contributed by atoms with Crippen LogP contribution in [0.3, 0.4) is 0 Å². The van der Waals surface area contributed by atoms with Gasteiger partial charge < -0.3 is 10.1 Å². The maximum atomic E-state index is 5.98. The fourth-order valence-corrected chi connectivity index (χ4v) is 1.66. The van der Waals surface area contributed by atoms with Gasteiger partial charge >= 0.3 is 0 Å². The van der Waals surface area contributed by atoms with Crippen LogP contribution in [0.2, 0.25) is 5.02 Å². The third-order valence-electron chi connectivity index (χ3n) is 2.26. The van der Waals surface area contributed by atoms with Crippen LogP contribution in [0.1, 0.15) is 12.1 Å². The van der Waals surface area contributed by atoms with Gasteiger partial charge in [0.15, 0.2) is 0 Å². The molecule has 86 valence electrons. The smallest absolute Gasteiger partial charge is 0.0817 e. The van der Waals surface area contributed by atoms with E-state index in [9.17, 15) is 0 Å². The van der Waals surface area contributed by atoms with Crippen molar-refractivity contribution in [3.8, 4) is 0 Å². The van der Waals surface area contributed by atoms with Gasteiger partial charge in [0.1, 0.15) is 0 Å². The number of nitrogens with one attached hydrogen (secondary N) is 1. The molecule has 0 radical (unpaired) electrons. The van der Waals surface area contributed by atoms with Crippen LogP contribution in [0, 0.1) is 0 Å². The van der Waals surface area contributed by atoms with Gasteiger partial charge in [-0.05, 0) is 19.4 Å². The minimum absolute atomic E-state index is 0.756. The fraction of sp³-hybridized carbons (Fsp3) is 0.700. The number of ether oxygens (including phenoxy) is 1. The molecule has 1 rings (SSSR count). The molecular formula is C10H18ClN3O. The summed E-state index contributed by atoms with van der Waals surface area (Å²) >= 11 is 5.98. The summed E-state index contributed by atoms with van der Waals surface area (Å²) < 4.78 is 6.77. The monoisotopic (exact) mass is 231 g/mol. The van der Waals surface area contributed by atoms with Gasteiger partial charge in [0.25, 0.3) is 0 Å². The summed E-state index contributed by atoms with van der Waals surface area (Å²) in [6.45, 7) is 2.63. The number of hydrogen-bond donors (Lipinski definition) is 1. The normalized spacial score (nSPS) is 10.9. The van der Waals surface area contributed by atoms with Crippen LogP contribution < -0.4 is 5.32 Å². The molecule has 0 fully saturated rings. The van der Waals surface area contributed by atoms with Gasteiger partial charge in [0, 0.05) is 20.7 Å². The molecule has 0 amide bonds. The van der Waals surface area contributed by atoms with Crippen LogP contribution in [0.5, 0.6) is 0 Å². The summed E-state index contributed by atoms with van der Waals surface area (Å²) in [5.74, 6) is 0. The second kappa shape index (κ2) is 6.82. The molecule has 1 aromatic rings. The summed E-state index contributed by atoms with van der Waals surface area (Å²) in [5.41, 5.74) is 1.10.